The lowest BCUT2D eigenvalue weighted by atomic mass is 9.86. The molecule has 1 heterocycles. The molecule has 0 unspecified atom stereocenters. The summed E-state index contributed by atoms with van der Waals surface area (Å²) in [7, 11) is 0. The number of hydrogen-bond donors (Lipinski definition) is 0. The van der Waals surface area contributed by atoms with Crippen molar-refractivity contribution in [3.63, 3.8) is 0 Å². The smallest absolute Gasteiger partial charge is 0.343 e. The van der Waals surface area contributed by atoms with Gasteiger partial charge in [-0.1, -0.05) is 82.5 Å². The number of hydrogen-bond acceptors (Lipinski definition) is 11. The van der Waals surface area contributed by atoms with Crippen LogP contribution in [0.15, 0.2) is 164 Å². The SMILES string of the molecule is C=CC(=O)OCCCCCCOc1ccc(C(=O)Oc2ccc(OC(=O)c3ccc(OCCCCCCOC(=O)C=C)cc3)c(/C=N/n3c4ccccc4c4cc(-c5ccc(C(C)(C)C)cc5)ccc43)c2)cc1. The molecule has 7 aromatic rings. The molecule has 376 valence electrons. The molecule has 0 fully saturated rings. The Bertz CT molecular complexity index is 3050. The molecule has 0 spiro atoms. The molecule has 0 bridgehead atoms. The van der Waals surface area contributed by atoms with Crippen molar-refractivity contribution in [3.05, 3.63) is 181 Å². The first-order valence-electron chi connectivity index (χ1n) is 24.7. The number of esters is 4. The topological polar surface area (TPSA) is 141 Å². The lowest BCUT2D eigenvalue weighted by molar-refractivity contribution is -0.138. The van der Waals surface area contributed by atoms with Gasteiger partial charge in [-0.25, -0.2) is 23.9 Å². The maximum atomic E-state index is 13.7. The number of para-hydroxylation sites is 1. The van der Waals surface area contributed by atoms with Crippen molar-refractivity contribution in [1.29, 1.82) is 0 Å². The Kier molecular flexibility index (Phi) is 18.5. The summed E-state index contributed by atoms with van der Waals surface area (Å²) in [5.41, 5.74) is 6.26. The van der Waals surface area contributed by atoms with Gasteiger partial charge in [0, 0.05) is 28.5 Å². The molecular formula is C61H62N2O10. The molecule has 0 saturated heterocycles. The zero-order chi connectivity index (χ0) is 51.6. The van der Waals surface area contributed by atoms with E-state index in [1.807, 2.05) is 22.9 Å². The Morgan fingerprint density at radius 1 is 0.521 bits per heavy atom. The minimum Gasteiger partial charge on any atom is -0.494 e. The lowest BCUT2D eigenvalue weighted by Gasteiger charge is -2.19. The number of rotatable bonds is 25. The van der Waals surface area contributed by atoms with Crippen LogP contribution in [0.2, 0.25) is 0 Å². The van der Waals surface area contributed by atoms with E-state index in [2.05, 4.69) is 82.5 Å². The summed E-state index contributed by atoms with van der Waals surface area (Å²) in [5.74, 6) is -0.371. The Hall–Kier alpha value is -8.25. The van der Waals surface area contributed by atoms with E-state index in [-0.39, 0.29) is 16.9 Å². The van der Waals surface area contributed by atoms with Gasteiger partial charge in [-0.3, -0.25) is 0 Å². The molecule has 0 N–H and O–H groups in total. The molecule has 1 aromatic heterocycles. The van der Waals surface area contributed by atoms with Crippen LogP contribution in [0.4, 0.5) is 0 Å². The first-order chi connectivity index (χ1) is 35.4. The number of unbranched alkanes of at least 4 members (excludes halogenated alkanes) is 6. The predicted octanol–water partition coefficient (Wildman–Crippen LogP) is 13.4. The van der Waals surface area contributed by atoms with E-state index in [0.29, 0.717) is 54.6 Å². The van der Waals surface area contributed by atoms with Gasteiger partial charge in [0.05, 0.1) is 54.8 Å². The highest BCUT2D eigenvalue weighted by Gasteiger charge is 2.18. The second-order valence-corrected chi connectivity index (χ2v) is 18.4. The number of carbonyl (C=O) groups is 4. The molecule has 6 aromatic carbocycles. The van der Waals surface area contributed by atoms with Gasteiger partial charge in [-0.05, 0) is 158 Å². The molecule has 0 atom stereocenters. The third-order valence-electron chi connectivity index (χ3n) is 12.1. The van der Waals surface area contributed by atoms with Gasteiger partial charge in [0.2, 0.25) is 0 Å². The highest BCUT2D eigenvalue weighted by Crippen LogP contribution is 2.34. The van der Waals surface area contributed by atoms with Crippen LogP contribution in [0.1, 0.15) is 104 Å². The summed E-state index contributed by atoms with van der Waals surface area (Å²) in [6.07, 6.45) is 10.7. The number of aromatic nitrogens is 1. The Morgan fingerprint density at radius 2 is 1.03 bits per heavy atom. The predicted molar refractivity (Wildman–Crippen MR) is 286 cm³/mol. The number of ether oxygens (including phenoxy) is 6. The number of benzene rings is 6. The zero-order valence-corrected chi connectivity index (χ0v) is 41.8. The van der Waals surface area contributed by atoms with E-state index < -0.39 is 23.9 Å². The minimum atomic E-state index is -0.600. The molecule has 0 radical (unpaired) electrons. The molecule has 12 nitrogen and oxygen atoms in total. The first kappa shape index (κ1) is 52.6. The van der Waals surface area contributed by atoms with Crippen molar-refractivity contribution in [3.8, 4) is 34.1 Å². The largest absolute Gasteiger partial charge is 0.494 e. The highest BCUT2D eigenvalue weighted by molar-refractivity contribution is 6.09. The third kappa shape index (κ3) is 14.9. The molecule has 0 amide bonds. The van der Waals surface area contributed by atoms with E-state index in [1.165, 1.54) is 5.56 Å². The number of fused-ring (bicyclic) bond motifs is 3. The fraction of sp³-hybridized carbons (Fsp3) is 0.262. The monoisotopic (exact) mass is 982 g/mol. The van der Waals surface area contributed by atoms with E-state index in [9.17, 15) is 19.2 Å². The van der Waals surface area contributed by atoms with Crippen LogP contribution in [0, 0.1) is 0 Å². The van der Waals surface area contributed by atoms with Crippen molar-refractivity contribution in [2.24, 2.45) is 5.10 Å². The maximum absolute atomic E-state index is 13.7. The maximum Gasteiger partial charge on any atom is 0.343 e. The van der Waals surface area contributed by atoms with Crippen molar-refractivity contribution in [2.75, 3.05) is 26.4 Å². The van der Waals surface area contributed by atoms with Gasteiger partial charge >= 0.3 is 23.9 Å². The molecule has 0 saturated carbocycles. The van der Waals surface area contributed by atoms with Gasteiger partial charge < -0.3 is 28.4 Å². The molecule has 12 heteroatoms. The van der Waals surface area contributed by atoms with Crippen LogP contribution in [-0.4, -0.2) is 61.2 Å². The van der Waals surface area contributed by atoms with Gasteiger partial charge in [0.15, 0.2) is 0 Å². The Morgan fingerprint density at radius 3 is 1.59 bits per heavy atom. The summed E-state index contributed by atoms with van der Waals surface area (Å²) >= 11 is 0. The number of carbonyl (C=O) groups excluding carboxylic acids is 4. The zero-order valence-electron chi connectivity index (χ0n) is 41.8. The summed E-state index contributed by atoms with van der Waals surface area (Å²) < 4.78 is 35.6. The van der Waals surface area contributed by atoms with Gasteiger partial charge in [-0.2, -0.15) is 5.10 Å². The van der Waals surface area contributed by atoms with E-state index in [0.717, 1.165) is 96.5 Å². The summed E-state index contributed by atoms with van der Waals surface area (Å²) in [4.78, 5) is 49.6. The average molecular weight is 983 g/mol. The van der Waals surface area contributed by atoms with Crippen LogP contribution >= 0.6 is 0 Å². The first-order valence-corrected chi connectivity index (χ1v) is 24.7. The normalized spacial score (nSPS) is 11.3. The van der Waals surface area contributed by atoms with Crippen LogP contribution < -0.4 is 18.9 Å². The second kappa shape index (κ2) is 25.7. The Labute approximate surface area is 426 Å². The van der Waals surface area contributed by atoms with Crippen molar-refractivity contribution in [2.45, 2.75) is 77.6 Å². The van der Waals surface area contributed by atoms with Gasteiger partial charge in [0.1, 0.15) is 23.0 Å². The summed E-state index contributed by atoms with van der Waals surface area (Å²) in [5, 5.41) is 7.02. The van der Waals surface area contributed by atoms with Crippen LogP contribution in [0.5, 0.6) is 23.0 Å². The van der Waals surface area contributed by atoms with Crippen molar-refractivity contribution < 1.29 is 47.6 Å². The molecule has 0 aliphatic carbocycles. The molecule has 73 heavy (non-hydrogen) atoms. The van der Waals surface area contributed by atoms with E-state index in [1.54, 1.807) is 72.9 Å². The summed E-state index contributed by atoms with van der Waals surface area (Å²) in [6, 6.07) is 41.3. The average Bonchev–Trinajstić information content (AvgIpc) is 3.72. The van der Waals surface area contributed by atoms with E-state index in [4.69, 9.17) is 33.5 Å². The lowest BCUT2D eigenvalue weighted by Crippen LogP contribution is -2.11. The van der Waals surface area contributed by atoms with Crippen LogP contribution in [0.3, 0.4) is 0 Å². The van der Waals surface area contributed by atoms with Crippen LogP contribution in [0.25, 0.3) is 32.9 Å². The van der Waals surface area contributed by atoms with Crippen molar-refractivity contribution >= 4 is 51.9 Å². The summed E-state index contributed by atoms with van der Waals surface area (Å²) in [6.45, 7) is 15.1. The fourth-order valence-corrected chi connectivity index (χ4v) is 7.98. The minimum absolute atomic E-state index is 0.0430. The third-order valence-corrected chi connectivity index (χ3v) is 12.1. The standard InChI is InChI=1S/C61H62N2O10/c1-6-57(64)70-38-16-10-8-14-36-68-49-29-22-44(23-30-49)59(66)72-51-33-35-56(73-60(67)45-24-31-50(32-25-45)69-37-15-9-11-17-39-71-58(65)7-2)47(40-51)42-62-63-54-19-13-12-18-52(54)53-41-46(26-34-55(53)63)43-20-27-48(28-21-43)61(3,4)5/h6-7,12-13,18-35,40-42H,1-2,8-11,14-17,36-39H2,3-5H3/b62-42+. The quantitative estimate of drug-likeness (QED) is 0.0179. The molecular weight excluding hydrogens is 921 g/mol. The van der Waals surface area contributed by atoms with Gasteiger partial charge in [0.25, 0.3) is 0 Å². The fourth-order valence-electron chi connectivity index (χ4n) is 7.98. The number of nitrogens with zero attached hydrogens (tertiary/aromatic N) is 2. The molecule has 0 aliphatic heterocycles. The van der Waals surface area contributed by atoms with E-state index >= 15 is 0 Å². The Balaban J connectivity index is 1.06. The molecule has 7 rings (SSSR count). The van der Waals surface area contributed by atoms with Gasteiger partial charge in [-0.15, -0.1) is 0 Å². The second-order valence-electron chi connectivity index (χ2n) is 18.4. The molecule has 0 aliphatic rings. The highest BCUT2D eigenvalue weighted by atomic mass is 16.5. The van der Waals surface area contributed by atoms with Crippen LogP contribution in [-0.2, 0) is 24.5 Å². The van der Waals surface area contributed by atoms with Crippen molar-refractivity contribution in [1.82, 2.24) is 4.68 Å².